The monoisotopic (exact) mass is 181 g/mol. The minimum atomic E-state index is 0.119. The van der Waals surface area contributed by atoms with Crippen molar-refractivity contribution in [2.24, 2.45) is 5.73 Å². The molecule has 0 aliphatic heterocycles. The lowest BCUT2D eigenvalue weighted by Gasteiger charge is -2.08. The van der Waals surface area contributed by atoms with Crippen molar-refractivity contribution in [1.29, 1.82) is 0 Å². The summed E-state index contributed by atoms with van der Waals surface area (Å²) in [6.07, 6.45) is 0. The fraction of sp³-hybridized carbons (Fsp3) is 0.444. The summed E-state index contributed by atoms with van der Waals surface area (Å²) in [4.78, 5) is 4.17. The summed E-state index contributed by atoms with van der Waals surface area (Å²) >= 11 is 0. The summed E-state index contributed by atoms with van der Waals surface area (Å²) < 4.78 is 4.98. The van der Waals surface area contributed by atoms with E-state index in [1.54, 1.807) is 13.2 Å². The van der Waals surface area contributed by atoms with Gasteiger partial charge in [0.25, 0.3) is 0 Å². The van der Waals surface area contributed by atoms with Crippen molar-refractivity contribution in [3.63, 3.8) is 0 Å². The number of rotatable bonds is 4. The van der Waals surface area contributed by atoms with E-state index in [0.29, 0.717) is 12.4 Å². The molecule has 1 aromatic heterocycles. The fourth-order valence-corrected chi connectivity index (χ4v) is 0.893. The van der Waals surface area contributed by atoms with Gasteiger partial charge in [0.05, 0.1) is 7.11 Å². The molecule has 1 heterocycles. The molecule has 4 nitrogen and oxygen atoms in total. The third kappa shape index (κ3) is 3.29. The number of nitrogens with two attached hydrogens (primary N) is 1. The Balaban J connectivity index is 2.56. The fourth-order valence-electron chi connectivity index (χ4n) is 0.893. The van der Waals surface area contributed by atoms with Crippen molar-refractivity contribution in [2.45, 2.75) is 13.0 Å². The molecule has 1 atom stereocenters. The van der Waals surface area contributed by atoms with Crippen LogP contribution in [-0.2, 0) is 0 Å². The first-order valence-corrected chi connectivity index (χ1v) is 4.23. The number of anilines is 1. The van der Waals surface area contributed by atoms with Gasteiger partial charge in [-0.3, -0.25) is 0 Å². The van der Waals surface area contributed by atoms with Gasteiger partial charge in [0.2, 0.25) is 5.88 Å². The highest BCUT2D eigenvalue weighted by molar-refractivity contribution is 5.37. The molecule has 1 unspecified atom stereocenters. The molecule has 0 spiro atoms. The zero-order chi connectivity index (χ0) is 9.68. The van der Waals surface area contributed by atoms with Crippen LogP contribution in [0.5, 0.6) is 5.88 Å². The van der Waals surface area contributed by atoms with Crippen LogP contribution in [0.25, 0.3) is 0 Å². The zero-order valence-electron chi connectivity index (χ0n) is 7.95. The molecule has 1 rings (SSSR count). The zero-order valence-corrected chi connectivity index (χ0v) is 7.95. The average Bonchev–Trinajstić information content (AvgIpc) is 2.15. The van der Waals surface area contributed by atoms with Crippen molar-refractivity contribution in [3.8, 4) is 5.88 Å². The van der Waals surface area contributed by atoms with Gasteiger partial charge in [0.1, 0.15) is 5.82 Å². The lowest BCUT2D eigenvalue weighted by Crippen LogP contribution is -2.25. The van der Waals surface area contributed by atoms with Crippen LogP contribution in [-0.4, -0.2) is 24.7 Å². The largest absolute Gasteiger partial charge is 0.481 e. The second kappa shape index (κ2) is 4.67. The number of hydrogen-bond donors (Lipinski definition) is 2. The summed E-state index contributed by atoms with van der Waals surface area (Å²) in [5.74, 6) is 1.39. The van der Waals surface area contributed by atoms with Crippen LogP contribution < -0.4 is 15.8 Å². The first-order valence-electron chi connectivity index (χ1n) is 4.23. The molecule has 3 N–H and O–H groups in total. The number of nitrogens with one attached hydrogen (secondary N) is 1. The molecule has 72 valence electrons. The second-order valence-corrected chi connectivity index (χ2v) is 2.92. The highest BCUT2D eigenvalue weighted by Gasteiger charge is 1.97. The van der Waals surface area contributed by atoms with Crippen molar-refractivity contribution in [2.75, 3.05) is 19.0 Å². The van der Waals surface area contributed by atoms with Crippen LogP contribution in [0.2, 0.25) is 0 Å². The first kappa shape index (κ1) is 9.80. The van der Waals surface area contributed by atoms with Crippen LogP contribution in [0.4, 0.5) is 5.82 Å². The highest BCUT2D eigenvalue weighted by atomic mass is 16.5. The summed E-state index contributed by atoms with van der Waals surface area (Å²) in [7, 11) is 1.59. The van der Waals surface area contributed by atoms with Gasteiger partial charge in [-0.25, -0.2) is 0 Å². The Morgan fingerprint density at radius 2 is 2.38 bits per heavy atom. The third-order valence-electron chi connectivity index (χ3n) is 1.54. The highest BCUT2D eigenvalue weighted by Crippen LogP contribution is 2.09. The van der Waals surface area contributed by atoms with Gasteiger partial charge in [-0.05, 0) is 13.0 Å². The molecule has 0 aliphatic rings. The molecular weight excluding hydrogens is 166 g/mol. The molecule has 0 fully saturated rings. The van der Waals surface area contributed by atoms with Gasteiger partial charge < -0.3 is 15.8 Å². The Hall–Kier alpha value is -1.29. The Kier molecular flexibility index (Phi) is 3.52. The Labute approximate surface area is 78.1 Å². The number of pyridine rings is 1. The number of methoxy groups -OCH3 is 1. The Bertz CT molecular complexity index is 263. The average molecular weight is 181 g/mol. The topological polar surface area (TPSA) is 60.2 Å². The minimum absolute atomic E-state index is 0.119. The van der Waals surface area contributed by atoms with E-state index in [0.717, 1.165) is 5.82 Å². The summed E-state index contributed by atoms with van der Waals surface area (Å²) in [5.41, 5.74) is 5.59. The van der Waals surface area contributed by atoms with E-state index in [2.05, 4.69) is 10.3 Å². The minimum Gasteiger partial charge on any atom is -0.481 e. The molecule has 1 aromatic rings. The van der Waals surface area contributed by atoms with E-state index in [1.807, 2.05) is 19.1 Å². The standard InChI is InChI=1S/C9H15N3O/c1-7(10)6-11-8-4-3-5-9(12-8)13-2/h3-5,7H,6,10H2,1-2H3,(H,11,12). The summed E-state index contributed by atoms with van der Waals surface area (Å²) in [6, 6.07) is 5.69. The number of aromatic nitrogens is 1. The van der Waals surface area contributed by atoms with E-state index in [4.69, 9.17) is 10.5 Å². The molecule has 0 saturated heterocycles. The lowest BCUT2D eigenvalue weighted by atomic mass is 10.3. The van der Waals surface area contributed by atoms with Crippen molar-refractivity contribution in [3.05, 3.63) is 18.2 Å². The van der Waals surface area contributed by atoms with Gasteiger partial charge in [-0.2, -0.15) is 4.98 Å². The number of ether oxygens (including phenoxy) is 1. The SMILES string of the molecule is COc1cccc(NCC(C)N)n1. The van der Waals surface area contributed by atoms with Gasteiger partial charge in [-0.15, -0.1) is 0 Å². The van der Waals surface area contributed by atoms with Gasteiger partial charge in [0, 0.05) is 18.7 Å². The second-order valence-electron chi connectivity index (χ2n) is 2.92. The van der Waals surface area contributed by atoms with E-state index >= 15 is 0 Å². The van der Waals surface area contributed by atoms with Gasteiger partial charge in [0.15, 0.2) is 0 Å². The summed E-state index contributed by atoms with van der Waals surface area (Å²) in [5, 5.41) is 3.10. The molecule has 0 aromatic carbocycles. The maximum Gasteiger partial charge on any atom is 0.214 e. The molecular formula is C9H15N3O. The van der Waals surface area contributed by atoms with Gasteiger partial charge >= 0.3 is 0 Å². The molecule has 0 amide bonds. The maximum atomic E-state index is 5.59. The summed E-state index contributed by atoms with van der Waals surface area (Å²) in [6.45, 7) is 2.65. The molecule has 0 saturated carbocycles. The van der Waals surface area contributed by atoms with Crippen molar-refractivity contribution < 1.29 is 4.74 Å². The quantitative estimate of drug-likeness (QED) is 0.723. The van der Waals surface area contributed by atoms with E-state index in [-0.39, 0.29) is 6.04 Å². The molecule has 0 radical (unpaired) electrons. The maximum absolute atomic E-state index is 5.59. The normalized spacial score (nSPS) is 12.2. The molecule has 0 aliphatic carbocycles. The van der Waals surface area contributed by atoms with Crippen LogP contribution in [0.15, 0.2) is 18.2 Å². The lowest BCUT2D eigenvalue weighted by molar-refractivity contribution is 0.398. The predicted octanol–water partition coefficient (Wildman–Crippen LogP) is 0.849. The smallest absolute Gasteiger partial charge is 0.214 e. The van der Waals surface area contributed by atoms with E-state index in [9.17, 15) is 0 Å². The Morgan fingerprint density at radius 1 is 1.62 bits per heavy atom. The van der Waals surface area contributed by atoms with E-state index in [1.165, 1.54) is 0 Å². The van der Waals surface area contributed by atoms with Crippen molar-refractivity contribution in [1.82, 2.24) is 4.98 Å². The number of nitrogens with zero attached hydrogens (tertiary/aromatic N) is 1. The van der Waals surface area contributed by atoms with Crippen LogP contribution >= 0.6 is 0 Å². The predicted molar refractivity (Wildman–Crippen MR) is 52.9 cm³/mol. The van der Waals surface area contributed by atoms with Gasteiger partial charge in [-0.1, -0.05) is 6.07 Å². The van der Waals surface area contributed by atoms with Crippen LogP contribution in [0, 0.1) is 0 Å². The first-order chi connectivity index (χ1) is 6.22. The van der Waals surface area contributed by atoms with Crippen LogP contribution in [0.3, 0.4) is 0 Å². The van der Waals surface area contributed by atoms with Crippen LogP contribution in [0.1, 0.15) is 6.92 Å². The third-order valence-corrected chi connectivity index (χ3v) is 1.54. The van der Waals surface area contributed by atoms with Crippen molar-refractivity contribution >= 4 is 5.82 Å². The van der Waals surface area contributed by atoms with E-state index < -0.39 is 0 Å². The molecule has 4 heteroatoms. The molecule has 0 bridgehead atoms. The Morgan fingerprint density at radius 3 is 3.00 bits per heavy atom. The molecule has 13 heavy (non-hydrogen) atoms. The number of hydrogen-bond acceptors (Lipinski definition) is 4.